The number of esters is 1. The fourth-order valence-electron chi connectivity index (χ4n) is 4.55. The predicted octanol–water partition coefficient (Wildman–Crippen LogP) is 5.06. The van der Waals surface area contributed by atoms with E-state index in [9.17, 15) is 9.59 Å². The summed E-state index contributed by atoms with van der Waals surface area (Å²) < 4.78 is 13.3. The molecule has 1 aliphatic heterocycles. The standard InChI is InChI=1S/C31H28N2O4S2/c1-4-36-23-13-9-10-20(18-23)19-25-29(34)33-28(22-14-16-24(38-3)17-15-22)26(30(35)37-5-2)27(32-31(33)39-25)21-11-7-6-8-12-21/h6-19,28H,4-5H2,1-3H3/b25-19-. The summed E-state index contributed by atoms with van der Waals surface area (Å²) in [5.41, 5.74) is 3.09. The van der Waals surface area contributed by atoms with E-state index in [1.807, 2.05) is 98.1 Å². The molecule has 0 amide bonds. The number of nitrogens with zero attached hydrogens (tertiary/aromatic N) is 2. The largest absolute Gasteiger partial charge is 0.494 e. The van der Waals surface area contributed by atoms with Gasteiger partial charge in [0.2, 0.25) is 0 Å². The number of thioether (sulfide) groups is 1. The summed E-state index contributed by atoms with van der Waals surface area (Å²) in [7, 11) is 0. The molecule has 3 aromatic carbocycles. The molecule has 198 valence electrons. The molecule has 0 aliphatic carbocycles. The Kier molecular flexibility index (Phi) is 8.14. The Morgan fingerprint density at radius 2 is 1.79 bits per heavy atom. The van der Waals surface area contributed by atoms with E-state index >= 15 is 0 Å². The normalized spacial score (nSPS) is 15.1. The number of benzene rings is 3. The van der Waals surface area contributed by atoms with E-state index in [4.69, 9.17) is 14.5 Å². The summed E-state index contributed by atoms with van der Waals surface area (Å²) in [5.74, 6) is 0.250. The van der Waals surface area contributed by atoms with Gasteiger partial charge in [0.25, 0.3) is 5.56 Å². The van der Waals surface area contributed by atoms with Gasteiger partial charge in [-0.05, 0) is 61.6 Å². The molecule has 1 atom stereocenters. The minimum absolute atomic E-state index is 0.211. The van der Waals surface area contributed by atoms with E-state index in [2.05, 4.69) is 0 Å². The molecular weight excluding hydrogens is 528 g/mol. The second-order valence-corrected chi connectivity index (χ2v) is 10.6. The summed E-state index contributed by atoms with van der Waals surface area (Å²) in [6, 6.07) is 24.4. The third-order valence-electron chi connectivity index (χ3n) is 6.27. The van der Waals surface area contributed by atoms with Crippen molar-refractivity contribution in [1.82, 2.24) is 4.57 Å². The molecule has 4 aromatic rings. The van der Waals surface area contributed by atoms with Crippen LogP contribution in [0.1, 0.15) is 36.6 Å². The fraction of sp³-hybridized carbons (Fsp3) is 0.194. The van der Waals surface area contributed by atoms with Gasteiger partial charge >= 0.3 is 5.97 Å². The number of aromatic nitrogens is 1. The van der Waals surface area contributed by atoms with E-state index in [-0.39, 0.29) is 12.2 Å². The number of rotatable bonds is 8. The van der Waals surface area contributed by atoms with Crippen molar-refractivity contribution in [3.8, 4) is 5.75 Å². The van der Waals surface area contributed by atoms with E-state index in [0.717, 1.165) is 27.3 Å². The number of hydrogen-bond donors (Lipinski definition) is 0. The molecule has 1 aliphatic rings. The molecule has 0 fully saturated rings. The van der Waals surface area contributed by atoms with E-state index in [0.29, 0.717) is 27.2 Å². The van der Waals surface area contributed by atoms with Crippen molar-refractivity contribution in [3.63, 3.8) is 0 Å². The van der Waals surface area contributed by atoms with Gasteiger partial charge in [0.05, 0.1) is 35.1 Å². The quantitative estimate of drug-likeness (QED) is 0.224. The van der Waals surface area contributed by atoms with Gasteiger partial charge in [-0.25, -0.2) is 9.79 Å². The van der Waals surface area contributed by atoms with Crippen LogP contribution in [0.2, 0.25) is 0 Å². The van der Waals surface area contributed by atoms with E-state index in [1.165, 1.54) is 11.3 Å². The second kappa shape index (κ2) is 11.9. The summed E-state index contributed by atoms with van der Waals surface area (Å²) in [4.78, 5) is 34.0. The SMILES string of the molecule is CCOC(=O)C1=C(c2ccccc2)N=c2s/c(=C\c3cccc(OCC)c3)c(=O)n2C1c1ccc(SC)cc1. The Labute approximate surface area is 235 Å². The Balaban J connectivity index is 1.78. The Hall–Kier alpha value is -3.88. The highest BCUT2D eigenvalue weighted by molar-refractivity contribution is 7.98. The number of hydrogen-bond acceptors (Lipinski definition) is 7. The molecule has 5 rings (SSSR count). The van der Waals surface area contributed by atoms with Gasteiger partial charge < -0.3 is 9.47 Å². The van der Waals surface area contributed by atoms with Crippen LogP contribution in [-0.2, 0) is 9.53 Å². The molecule has 0 N–H and O–H groups in total. The predicted molar refractivity (Wildman–Crippen MR) is 157 cm³/mol. The molecule has 1 aromatic heterocycles. The second-order valence-electron chi connectivity index (χ2n) is 8.71. The molecule has 8 heteroatoms. The van der Waals surface area contributed by atoms with Crippen LogP contribution in [0.5, 0.6) is 5.75 Å². The lowest BCUT2D eigenvalue weighted by molar-refractivity contribution is -0.138. The number of carbonyl (C=O) groups excluding carboxylic acids is 1. The minimum Gasteiger partial charge on any atom is -0.494 e. The first-order valence-corrected chi connectivity index (χ1v) is 14.7. The minimum atomic E-state index is -0.691. The van der Waals surface area contributed by atoms with Gasteiger partial charge in [-0.1, -0.05) is 65.9 Å². The summed E-state index contributed by atoms with van der Waals surface area (Å²) in [6.45, 7) is 4.47. The maximum Gasteiger partial charge on any atom is 0.338 e. The zero-order chi connectivity index (χ0) is 27.4. The average molecular weight is 557 g/mol. The number of fused-ring (bicyclic) bond motifs is 1. The van der Waals surface area contributed by atoms with Crippen molar-refractivity contribution >= 4 is 40.8 Å². The molecule has 2 heterocycles. The molecule has 0 bridgehead atoms. The third-order valence-corrected chi connectivity index (χ3v) is 8.00. The van der Waals surface area contributed by atoms with Crippen LogP contribution in [-0.4, -0.2) is 30.0 Å². The van der Waals surface area contributed by atoms with Crippen LogP contribution in [0.4, 0.5) is 0 Å². The molecule has 39 heavy (non-hydrogen) atoms. The first-order chi connectivity index (χ1) is 19.0. The molecule has 0 saturated carbocycles. The highest BCUT2D eigenvalue weighted by atomic mass is 32.2. The lowest BCUT2D eigenvalue weighted by Gasteiger charge is -2.26. The van der Waals surface area contributed by atoms with Crippen LogP contribution >= 0.6 is 23.1 Å². The fourth-order valence-corrected chi connectivity index (χ4v) is 5.96. The van der Waals surface area contributed by atoms with Crippen LogP contribution in [0, 0.1) is 0 Å². The zero-order valence-corrected chi connectivity index (χ0v) is 23.6. The Morgan fingerprint density at radius 1 is 1.03 bits per heavy atom. The van der Waals surface area contributed by atoms with Gasteiger partial charge in [-0.3, -0.25) is 9.36 Å². The lowest BCUT2D eigenvalue weighted by atomic mass is 9.93. The summed E-state index contributed by atoms with van der Waals surface area (Å²) in [6.07, 6.45) is 3.85. The van der Waals surface area contributed by atoms with Crippen molar-refractivity contribution < 1.29 is 14.3 Å². The Morgan fingerprint density at radius 3 is 2.49 bits per heavy atom. The zero-order valence-electron chi connectivity index (χ0n) is 21.9. The van der Waals surface area contributed by atoms with Gasteiger partial charge in [0.15, 0.2) is 4.80 Å². The van der Waals surface area contributed by atoms with Crippen LogP contribution in [0.25, 0.3) is 11.8 Å². The third kappa shape index (κ3) is 5.48. The Bertz CT molecular complexity index is 1700. The molecular formula is C31H28N2O4S2. The van der Waals surface area contributed by atoms with Crippen molar-refractivity contribution in [1.29, 1.82) is 0 Å². The highest BCUT2D eigenvalue weighted by Crippen LogP contribution is 2.35. The molecule has 0 saturated heterocycles. The van der Waals surface area contributed by atoms with Crippen molar-refractivity contribution in [2.45, 2.75) is 24.8 Å². The molecule has 1 unspecified atom stereocenters. The molecule has 0 radical (unpaired) electrons. The first-order valence-electron chi connectivity index (χ1n) is 12.7. The summed E-state index contributed by atoms with van der Waals surface area (Å²) in [5, 5.41) is 0. The summed E-state index contributed by atoms with van der Waals surface area (Å²) >= 11 is 2.94. The van der Waals surface area contributed by atoms with Gasteiger partial charge in [0, 0.05) is 10.5 Å². The number of carbonyl (C=O) groups is 1. The van der Waals surface area contributed by atoms with Gasteiger partial charge in [-0.15, -0.1) is 11.8 Å². The van der Waals surface area contributed by atoms with Crippen molar-refractivity contribution in [2.75, 3.05) is 19.5 Å². The van der Waals surface area contributed by atoms with Crippen molar-refractivity contribution in [2.24, 2.45) is 4.99 Å². The lowest BCUT2D eigenvalue weighted by Crippen LogP contribution is -2.40. The van der Waals surface area contributed by atoms with Crippen LogP contribution < -0.4 is 19.6 Å². The topological polar surface area (TPSA) is 69.9 Å². The first kappa shape index (κ1) is 26.7. The average Bonchev–Trinajstić information content (AvgIpc) is 3.27. The number of thiazole rings is 1. The molecule has 0 spiro atoms. The highest BCUT2D eigenvalue weighted by Gasteiger charge is 2.35. The monoisotopic (exact) mass is 556 g/mol. The van der Waals surface area contributed by atoms with Gasteiger partial charge in [-0.2, -0.15) is 0 Å². The van der Waals surface area contributed by atoms with Crippen LogP contribution in [0.15, 0.2) is 99.1 Å². The van der Waals surface area contributed by atoms with E-state index < -0.39 is 12.0 Å². The number of ether oxygens (including phenoxy) is 2. The maximum atomic E-state index is 14.0. The molecule has 6 nitrogen and oxygen atoms in total. The van der Waals surface area contributed by atoms with Crippen LogP contribution in [0.3, 0.4) is 0 Å². The smallest absolute Gasteiger partial charge is 0.338 e. The van der Waals surface area contributed by atoms with Gasteiger partial charge in [0.1, 0.15) is 5.75 Å². The van der Waals surface area contributed by atoms with E-state index in [1.54, 1.807) is 23.3 Å². The maximum absolute atomic E-state index is 14.0. The van der Waals surface area contributed by atoms with Crippen molar-refractivity contribution in [3.05, 3.63) is 121 Å².